The van der Waals surface area contributed by atoms with E-state index in [4.69, 9.17) is 9.15 Å². The van der Waals surface area contributed by atoms with Crippen molar-refractivity contribution in [2.24, 2.45) is 0 Å². The van der Waals surface area contributed by atoms with Crippen LogP contribution in [0.5, 0.6) is 5.75 Å². The summed E-state index contributed by atoms with van der Waals surface area (Å²) < 4.78 is 13.6. The summed E-state index contributed by atoms with van der Waals surface area (Å²) in [6.45, 7) is 3.99. The molecule has 0 saturated carbocycles. The lowest BCUT2D eigenvalue weighted by Gasteiger charge is -2.18. The van der Waals surface area contributed by atoms with Crippen molar-refractivity contribution in [1.82, 2.24) is 19.5 Å². The third-order valence-electron chi connectivity index (χ3n) is 5.01. The average molecular weight is 394 g/mol. The van der Waals surface area contributed by atoms with Crippen LogP contribution in [0.25, 0.3) is 16.6 Å². The summed E-state index contributed by atoms with van der Waals surface area (Å²) in [5.74, 6) is 1.07. The lowest BCUT2D eigenvalue weighted by Crippen LogP contribution is -2.39. The molecule has 0 aliphatic heterocycles. The van der Waals surface area contributed by atoms with Crippen LogP contribution >= 0.6 is 0 Å². The van der Waals surface area contributed by atoms with E-state index in [-0.39, 0.29) is 11.5 Å². The number of aryl methyl sites for hydroxylation is 1. The highest BCUT2D eigenvalue weighted by atomic mass is 16.5. The van der Waals surface area contributed by atoms with Gasteiger partial charge in [-0.05, 0) is 31.0 Å². The van der Waals surface area contributed by atoms with Crippen LogP contribution in [0.3, 0.4) is 0 Å². The molecule has 150 valence electrons. The van der Waals surface area contributed by atoms with Gasteiger partial charge in [0.15, 0.2) is 5.58 Å². The van der Waals surface area contributed by atoms with Crippen LogP contribution in [-0.4, -0.2) is 27.2 Å². The fraction of sp³-hybridized carbons (Fsp3) is 0.286. The van der Waals surface area contributed by atoms with E-state index >= 15 is 0 Å². The van der Waals surface area contributed by atoms with Crippen LogP contribution in [0.15, 0.2) is 51.9 Å². The van der Waals surface area contributed by atoms with Crippen LogP contribution in [0.4, 0.5) is 0 Å². The van der Waals surface area contributed by atoms with Crippen molar-refractivity contribution in [1.29, 1.82) is 0 Å². The van der Waals surface area contributed by atoms with Crippen molar-refractivity contribution in [3.8, 4) is 5.75 Å². The number of benzene rings is 1. The lowest BCUT2D eigenvalue weighted by molar-refractivity contribution is -0.125. The summed E-state index contributed by atoms with van der Waals surface area (Å²) >= 11 is 0. The van der Waals surface area contributed by atoms with Gasteiger partial charge in [0, 0.05) is 18.7 Å². The van der Waals surface area contributed by atoms with Crippen molar-refractivity contribution in [2.75, 3.05) is 7.11 Å². The fourth-order valence-corrected chi connectivity index (χ4v) is 3.56. The number of furan rings is 1. The molecule has 0 aliphatic rings. The van der Waals surface area contributed by atoms with E-state index in [1.807, 2.05) is 31.2 Å². The van der Waals surface area contributed by atoms with E-state index in [2.05, 4.69) is 10.4 Å². The molecule has 1 aromatic carbocycles. The highest BCUT2D eigenvalue weighted by Crippen LogP contribution is 2.21. The number of carbonyl (C=O) groups excluding carboxylic acids is 1. The van der Waals surface area contributed by atoms with Crippen molar-refractivity contribution in [2.45, 2.75) is 32.9 Å². The first-order valence-electron chi connectivity index (χ1n) is 9.42. The number of hydrogen-bond donors (Lipinski definition) is 1. The Hall–Kier alpha value is -3.55. The molecule has 1 unspecified atom stereocenters. The molecule has 1 atom stereocenters. The number of carbonyl (C=O) groups is 1. The monoisotopic (exact) mass is 394 g/mol. The van der Waals surface area contributed by atoms with Crippen molar-refractivity contribution >= 4 is 22.5 Å². The van der Waals surface area contributed by atoms with E-state index in [9.17, 15) is 9.59 Å². The van der Waals surface area contributed by atoms with Gasteiger partial charge < -0.3 is 14.5 Å². The summed E-state index contributed by atoms with van der Waals surface area (Å²) in [7, 11) is 1.60. The van der Waals surface area contributed by atoms with Gasteiger partial charge in [-0.25, -0.2) is 4.68 Å². The quantitative estimate of drug-likeness (QED) is 0.543. The van der Waals surface area contributed by atoms with Gasteiger partial charge >= 0.3 is 0 Å². The number of ether oxygens (including phenoxy) is 1. The molecule has 0 radical (unpaired) electrons. The van der Waals surface area contributed by atoms with Gasteiger partial charge in [-0.3, -0.25) is 14.0 Å². The lowest BCUT2D eigenvalue weighted by atomic mass is 10.2. The molecule has 0 aliphatic carbocycles. The van der Waals surface area contributed by atoms with Gasteiger partial charge in [-0.1, -0.05) is 19.1 Å². The van der Waals surface area contributed by atoms with Gasteiger partial charge in [-0.2, -0.15) is 5.10 Å². The van der Waals surface area contributed by atoms with E-state index in [1.54, 1.807) is 36.8 Å². The molecule has 0 spiro atoms. The number of fused-ring (bicyclic) bond motifs is 3. The molecular formula is C21H22N4O4. The maximum atomic E-state index is 13.1. The van der Waals surface area contributed by atoms with Gasteiger partial charge in [0.2, 0.25) is 5.91 Å². The normalized spacial score (nSPS) is 12.4. The molecule has 4 aromatic rings. The Kier molecular flexibility index (Phi) is 4.84. The maximum absolute atomic E-state index is 13.1. The fourth-order valence-electron chi connectivity index (χ4n) is 3.56. The van der Waals surface area contributed by atoms with Gasteiger partial charge in [0.1, 0.15) is 23.1 Å². The van der Waals surface area contributed by atoms with Crippen LogP contribution in [-0.2, 0) is 11.3 Å². The highest BCUT2D eigenvalue weighted by molar-refractivity contribution is 5.83. The number of aromatic nitrogens is 3. The molecule has 29 heavy (non-hydrogen) atoms. The minimum atomic E-state index is -0.710. The second-order valence-corrected chi connectivity index (χ2v) is 6.83. The highest BCUT2D eigenvalue weighted by Gasteiger charge is 2.23. The average Bonchev–Trinajstić information content (AvgIpc) is 3.32. The van der Waals surface area contributed by atoms with Gasteiger partial charge in [0.05, 0.1) is 18.9 Å². The Labute approximate surface area is 166 Å². The standard InChI is InChI=1S/C21H22N4O4/c1-4-16(20(26)22-12-14-6-5-7-15(10-14)28-3)25-21(27)18-11-19-17(8-9-29-19)24(18)13(2)23-25/h5-11,16H,4,12H2,1-3H3,(H,22,26). The van der Waals surface area contributed by atoms with Crippen molar-refractivity contribution in [3.05, 3.63) is 64.4 Å². The van der Waals surface area contributed by atoms with E-state index < -0.39 is 6.04 Å². The van der Waals surface area contributed by atoms with E-state index in [0.717, 1.165) is 16.8 Å². The Bertz CT molecular complexity index is 1250. The summed E-state index contributed by atoms with van der Waals surface area (Å²) in [6, 6.07) is 10.2. The molecule has 4 rings (SSSR count). The predicted octanol–water partition coefficient (Wildman–Crippen LogP) is 2.83. The first-order chi connectivity index (χ1) is 14.0. The summed E-state index contributed by atoms with van der Waals surface area (Å²) in [6.07, 6.45) is 2.01. The second-order valence-electron chi connectivity index (χ2n) is 6.83. The third kappa shape index (κ3) is 3.26. The zero-order chi connectivity index (χ0) is 20.5. The minimum absolute atomic E-state index is 0.260. The Morgan fingerprint density at radius 2 is 2.10 bits per heavy atom. The summed E-state index contributed by atoms with van der Waals surface area (Å²) in [5, 5.41) is 7.32. The summed E-state index contributed by atoms with van der Waals surface area (Å²) in [5.41, 5.74) is 2.41. The van der Waals surface area contributed by atoms with Crippen LogP contribution in [0, 0.1) is 6.92 Å². The number of nitrogens with zero attached hydrogens (tertiary/aromatic N) is 3. The van der Waals surface area contributed by atoms with E-state index in [1.165, 1.54) is 4.68 Å². The zero-order valence-electron chi connectivity index (χ0n) is 16.5. The Balaban J connectivity index is 1.64. The van der Waals surface area contributed by atoms with Crippen LogP contribution in [0.2, 0.25) is 0 Å². The molecule has 8 heteroatoms. The largest absolute Gasteiger partial charge is 0.497 e. The van der Waals surface area contributed by atoms with Gasteiger partial charge in [-0.15, -0.1) is 0 Å². The van der Waals surface area contributed by atoms with Crippen LogP contribution in [0.1, 0.15) is 30.8 Å². The molecule has 3 aromatic heterocycles. The number of hydrogen-bond acceptors (Lipinski definition) is 5. The first kappa shape index (κ1) is 18.8. The number of amides is 1. The molecule has 0 fully saturated rings. The van der Waals surface area contributed by atoms with Crippen molar-refractivity contribution < 1.29 is 13.9 Å². The maximum Gasteiger partial charge on any atom is 0.291 e. The zero-order valence-corrected chi connectivity index (χ0v) is 16.5. The molecule has 1 amide bonds. The first-order valence-corrected chi connectivity index (χ1v) is 9.42. The van der Waals surface area contributed by atoms with Crippen LogP contribution < -0.4 is 15.6 Å². The number of rotatable bonds is 6. The molecule has 3 heterocycles. The van der Waals surface area contributed by atoms with E-state index in [0.29, 0.717) is 29.9 Å². The predicted molar refractivity (Wildman–Crippen MR) is 108 cm³/mol. The molecule has 0 bridgehead atoms. The Morgan fingerprint density at radius 1 is 1.28 bits per heavy atom. The molecule has 8 nitrogen and oxygen atoms in total. The molecular weight excluding hydrogens is 372 g/mol. The smallest absolute Gasteiger partial charge is 0.291 e. The molecule has 0 saturated heterocycles. The Morgan fingerprint density at radius 3 is 2.86 bits per heavy atom. The second kappa shape index (κ2) is 7.46. The minimum Gasteiger partial charge on any atom is -0.497 e. The topological polar surface area (TPSA) is 90.8 Å². The number of nitrogens with one attached hydrogen (secondary N) is 1. The third-order valence-corrected chi connectivity index (χ3v) is 5.01. The summed E-state index contributed by atoms with van der Waals surface area (Å²) in [4.78, 5) is 25.9. The molecule has 1 N–H and O–H groups in total. The SMILES string of the molecule is CCC(C(=O)NCc1cccc(OC)c1)n1nc(C)n2c(cc3occc32)c1=O. The van der Waals surface area contributed by atoms with Crippen molar-refractivity contribution in [3.63, 3.8) is 0 Å². The van der Waals surface area contributed by atoms with Gasteiger partial charge in [0.25, 0.3) is 5.56 Å². The number of methoxy groups -OCH3 is 1.